The standard InChI is InChI=1S/C15H17ClN2O/c1-9-5-4-6-12(15(9)17)18-13-7-10(2)11(16)8-14(13)19-3/h4-8,18H,17H2,1-3H3. The van der Waals surface area contributed by atoms with Crippen LogP contribution in [-0.2, 0) is 0 Å². The number of ether oxygens (including phenoxy) is 1. The van der Waals surface area contributed by atoms with Crippen LogP contribution in [0.3, 0.4) is 0 Å². The fraction of sp³-hybridized carbons (Fsp3) is 0.200. The maximum absolute atomic E-state index is 6.09. The number of halogens is 1. The Labute approximate surface area is 118 Å². The van der Waals surface area contributed by atoms with Gasteiger partial charge < -0.3 is 15.8 Å². The van der Waals surface area contributed by atoms with Gasteiger partial charge in [0.2, 0.25) is 0 Å². The van der Waals surface area contributed by atoms with Crippen molar-refractivity contribution in [3.8, 4) is 5.75 Å². The predicted molar refractivity (Wildman–Crippen MR) is 81.6 cm³/mol. The first-order valence-electron chi connectivity index (χ1n) is 5.99. The average molecular weight is 277 g/mol. The van der Waals surface area contributed by atoms with E-state index in [0.29, 0.717) is 10.8 Å². The molecule has 0 radical (unpaired) electrons. The number of nitrogen functional groups attached to an aromatic ring is 1. The largest absolute Gasteiger partial charge is 0.495 e. The van der Waals surface area contributed by atoms with Crippen molar-refractivity contribution < 1.29 is 4.74 Å². The molecule has 0 saturated heterocycles. The molecule has 0 saturated carbocycles. The smallest absolute Gasteiger partial charge is 0.143 e. The Hall–Kier alpha value is -1.87. The van der Waals surface area contributed by atoms with Crippen molar-refractivity contribution in [3.63, 3.8) is 0 Å². The Morgan fingerprint density at radius 1 is 1.11 bits per heavy atom. The predicted octanol–water partition coefficient (Wildman–Crippen LogP) is 4.29. The fourth-order valence-corrected chi connectivity index (χ4v) is 2.02. The van der Waals surface area contributed by atoms with Crippen LogP contribution < -0.4 is 15.8 Å². The van der Waals surface area contributed by atoms with Crippen LogP contribution in [0, 0.1) is 13.8 Å². The van der Waals surface area contributed by atoms with E-state index in [1.54, 1.807) is 13.2 Å². The molecule has 100 valence electrons. The van der Waals surface area contributed by atoms with E-state index in [0.717, 1.165) is 28.2 Å². The van der Waals surface area contributed by atoms with Gasteiger partial charge in [0.25, 0.3) is 0 Å². The van der Waals surface area contributed by atoms with Crippen molar-refractivity contribution in [2.24, 2.45) is 0 Å². The molecule has 0 amide bonds. The molecule has 19 heavy (non-hydrogen) atoms. The van der Waals surface area contributed by atoms with Crippen molar-refractivity contribution in [2.75, 3.05) is 18.2 Å². The minimum absolute atomic E-state index is 0.680. The lowest BCUT2D eigenvalue weighted by molar-refractivity contribution is 0.417. The van der Waals surface area contributed by atoms with Gasteiger partial charge in [-0.15, -0.1) is 0 Å². The van der Waals surface area contributed by atoms with Crippen molar-refractivity contribution in [1.29, 1.82) is 0 Å². The maximum atomic E-state index is 6.09. The number of para-hydroxylation sites is 1. The first kappa shape index (κ1) is 13.6. The van der Waals surface area contributed by atoms with E-state index in [4.69, 9.17) is 22.1 Å². The molecule has 0 aliphatic heterocycles. The molecule has 0 aliphatic carbocycles. The molecule has 0 spiro atoms. The normalized spacial score (nSPS) is 10.3. The Kier molecular flexibility index (Phi) is 3.86. The highest BCUT2D eigenvalue weighted by Crippen LogP contribution is 2.35. The van der Waals surface area contributed by atoms with Crippen LogP contribution in [-0.4, -0.2) is 7.11 Å². The molecule has 3 N–H and O–H groups in total. The van der Waals surface area contributed by atoms with Gasteiger partial charge in [-0.2, -0.15) is 0 Å². The summed E-state index contributed by atoms with van der Waals surface area (Å²) in [5, 5.41) is 3.97. The first-order valence-corrected chi connectivity index (χ1v) is 6.37. The van der Waals surface area contributed by atoms with Gasteiger partial charge in [0.1, 0.15) is 5.75 Å². The summed E-state index contributed by atoms with van der Waals surface area (Å²) < 4.78 is 5.34. The average Bonchev–Trinajstić information content (AvgIpc) is 2.39. The topological polar surface area (TPSA) is 47.3 Å². The molecule has 2 rings (SSSR count). The van der Waals surface area contributed by atoms with Crippen LogP contribution in [0.5, 0.6) is 5.75 Å². The first-order chi connectivity index (χ1) is 9.02. The molecule has 0 bridgehead atoms. The van der Waals surface area contributed by atoms with Crippen LogP contribution in [0.25, 0.3) is 0 Å². The molecule has 0 aromatic heterocycles. The second-order valence-electron chi connectivity index (χ2n) is 4.46. The zero-order valence-electron chi connectivity index (χ0n) is 11.3. The second-order valence-corrected chi connectivity index (χ2v) is 4.87. The van der Waals surface area contributed by atoms with Gasteiger partial charge >= 0.3 is 0 Å². The number of rotatable bonds is 3. The van der Waals surface area contributed by atoms with Crippen LogP contribution in [0.15, 0.2) is 30.3 Å². The quantitative estimate of drug-likeness (QED) is 0.822. The molecule has 0 aliphatic rings. The summed E-state index contributed by atoms with van der Waals surface area (Å²) in [7, 11) is 1.62. The van der Waals surface area contributed by atoms with Crippen LogP contribution in [0.4, 0.5) is 17.1 Å². The number of methoxy groups -OCH3 is 1. The van der Waals surface area contributed by atoms with Crippen molar-refractivity contribution in [2.45, 2.75) is 13.8 Å². The fourth-order valence-electron chi connectivity index (χ4n) is 1.86. The van der Waals surface area contributed by atoms with Gasteiger partial charge in [-0.3, -0.25) is 0 Å². The van der Waals surface area contributed by atoms with Crippen molar-refractivity contribution in [1.82, 2.24) is 0 Å². The Balaban J connectivity index is 2.43. The highest BCUT2D eigenvalue weighted by Gasteiger charge is 2.09. The summed E-state index contributed by atoms with van der Waals surface area (Å²) >= 11 is 6.09. The molecule has 0 atom stereocenters. The highest BCUT2D eigenvalue weighted by molar-refractivity contribution is 6.31. The Morgan fingerprint density at radius 3 is 2.53 bits per heavy atom. The van der Waals surface area contributed by atoms with Gasteiger partial charge in [0.15, 0.2) is 0 Å². The zero-order valence-corrected chi connectivity index (χ0v) is 12.0. The molecule has 3 nitrogen and oxygen atoms in total. The van der Waals surface area contributed by atoms with Crippen molar-refractivity contribution >= 4 is 28.7 Å². The van der Waals surface area contributed by atoms with E-state index < -0.39 is 0 Å². The lowest BCUT2D eigenvalue weighted by Gasteiger charge is -2.15. The minimum Gasteiger partial charge on any atom is -0.495 e. The molecular formula is C15H17ClN2O. The lowest BCUT2D eigenvalue weighted by Crippen LogP contribution is -2.00. The minimum atomic E-state index is 0.680. The van der Waals surface area contributed by atoms with Gasteiger partial charge in [-0.25, -0.2) is 0 Å². The third kappa shape index (κ3) is 2.76. The van der Waals surface area contributed by atoms with E-state index in [1.807, 2.05) is 38.1 Å². The third-order valence-electron chi connectivity index (χ3n) is 3.07. The molecular weight excluding hydrogens is 260 g/mol. The summed E-state index contributed by atoms with van der Waals surface area (Å²) in [4.78, 5) is 0. The monoisotopic (exact) mass is 276 g/mol. The van der Waals surface area contributed by atoms with E-state index in [2.05, 4.69) is 5.32 Å². The third-order valence-corrected chi connectivity index (χ3v) is 3.48. The van der Waals surface area contributed by atoms with E-state index >= 15 is 0 Å². The van der Waals surface area contributed by atoms with E-state index in [-0.39, 0.29) is 0 Å². The Bertz CT molecular complexity index is 611. The van der Waals surface area contributed by atoms with Gasteiger partial charge in [-0.1, -0.05) is 23.7 Å². The highest BCUT2D eigenvalue weighted by atomic mass is 35.5. The lowest BCUT2D eigenvalue weighted by atomic mass is 10.1. The van der Waals surface area contributed by atoms with Gasteiger partial charge in [-0.05, 0) is 37.1 Å². The second kappa shape index (κ2) is 5.41. The molecule has 0 heterocycles. The number of hydrogen-bond donors (Lipinski definition) is 2. The van der Waals surface area contributed by atoms with E-state index in [1.165, 1.54) is 0 Å². The van der Waals surface area contributed by atoms with Crippen LogP contribution in [0.1, 0.15) is 11.1 Å². The molecule has 2 aromatic rings. The summed E-state index contributed by atoms with van der Waals surface area (Å²) in [6.07, 6.45) is 0. The summed E-state index contributed by atoms with van der Waals surface area (Å²) in [5.74, 6) is 0.691. The number of nitrogens with one attached hydrogen (secondary N) is 1. The number of nitrogens with two attached hydrogens (primary N) is 1. The summed E-state index contributed by atoms with van der Waals surface area (Å²) in [6, 6.07) is 9.62. The zero-order chi connectivity index (χ0) is 14.0. The van der Waals surface area contributed by atoms with Gasteiger partial charge in [0.05, 0.1) is 24.2 Å². The molecule has 0 unspecified atom stereocenters. The number of aryl methyl sites for hydroxylation is 2. The Morgan fingerprint density at radius 2 is 1.84 bits per heavy atom. The van der Waals surface area contributed by atoms with Crippen LogP contribution >= 0.6 is 11.6 Å². The summed E-state index contributed by atoms with van der Waals surface area (Å²) in [5.41, 5.74) is 10.5. The van der Waals surface area contributed by atoms with Crippen LogP contribution in [0.2, 0.25) is 5.02 Å². The molecule has 2 aromatic carbocycles. The SMILES string of the molecule is COc1cc(Cl)c(C)cc1Nc1cccc(C)c1N. The van der Waals surface area contributed by atoms with Crippen molar-refractivity contribution in [3.05, 3.63) is 46.5 Å². The molecule has 0 fully saturated rings. The van der Waals surface area contributed by atoms with E-state index in [9.17, 15) is 0 Å². The maximum Gasteiger partial charge on any atom is 0.143 e. The number of benzene rings is 2. The molecule has 4 heteroatoms. The number of hydrogen-bond acceptors (Lipinski definition) is 3. The van der Waals surface area contributed by atoms with Gasteiger partial charge in [0, 0.05) is 11.1 Å². The number of anilines is 3. The summed E-state index contributed by atoms with van der Waals surface area (Å²) in [6.45, 7) is 3.93.